The van der Waals surface area contributed by atoms with Gasteiger partial charge in [0.1, 0.15) is 0 Å². The fourth-order valence-electron chi connectivity index (χ4n) is 1.69. The quantitative estimate of drug-likeness (QED) is 0.859. The number of nitrogens with one attached hydrogen (secondary N) is 2. The van der Waals surface area contributed by atoms with E-state index in [1.165, 1.54) is 6.07 Å². The molecule has 0 bridgehead atoms. The Morgan fingerprint density at radius 2 is 1.94 bits per heavy atom. The molecule has 0 saturated heterocycles. The lowest BCUT2D eigenvalue weighted by molar-refractivity contribution is 0.0950. The molecule has 0 fully saturated rings. The van der Waals surface area contributed by atoms with Crippen LogP contribution in [0.2, 0.25) is 0 Å². The normalized spacial score (nSPS) is 10.1. The fraction of sp³-hybridized carbons (Fsp3) is 0.143. The van der Waals surface area contributed by atoms with Crippen molar-refractivity contribution in [3.8, 4) is 0 Å². The van der Waals surface area contributed by atoms with E-state index < -0.39 is 0 Å². The fourth-order valence-corrected chi connectivity index (χ4v) is 1.69. The maximum atomic E-state index is 11.9. The smallest absolute Gasteiger partial charge is 0.251 e. The van der Waals surface area contributed by atoms with Gasteiger partial charge >= 0.3 is 0 Å². The van der Waals surface area contributed by atoms with Crippen molar-refractivity contribution in [1.29, 1.82) is 0 Å². The van der Waals surface area contributed by atoms with Gasteiger partial charge < -0.3 is 10.3 Å². The first-order chi connectivity index (χ1) is 8.65. The van der Waals surface area contributed by atoms with Crippen LogP contribution in [0.1, 0.15) is 21.6 Å². The van der Waals surface area contributed by atoms with Gasteiger partial charge in [-0.2, -0.15) is 0 Å². The Kier molecular flexibility index (Phi) is 3.57. The molecule has 0 saturated carbocycles. The van der Waals surface area contributed by atoms with Crippen LogP contribution in [0.4, 0.5) is 0 Å². The molecule has 2 N–H and O–H groups in total. The number of amides is 1. The van der Waals surface area contributed by atoms with Gasteiger partial charge in [0.05, 0.1) is 0 Å². The zero-order valence-corrected chi connectivity index (χ0v) is 10.1. The average Bonchev–Trinajstić information content (AvgIpc) is 2.36. The maximum Gasteiger partial charge on any atom is 0.251 e. The van der Waals surface area contributed by atoms with Gasteiger partial charge in [0.15, 0.2) is 0 Å². The molecule has 1 heterocycles. The minimum absolute atomic E-state index is 0.243. The van der Waals surface area contributed by atoms with Crippen molar-refractivity contribution >= 4 is 5.91 Å². The van der Waals surface area contributed by atoms with Crippen molar-refractivity contribution in [1.82, 2.24) is 10.3 Å². The second-order valence-electron chi connectivity index (χ2n) is 4.08. The summed E-state index contributed by atoms with van der Waals surface area (Å²) in [5, 5.41) is 2.78. The molecule has 4 heteroatoms. The molecule has 92 valence electrons. The Balaban J connectivity index is 2.06. The van der Waals surface area contributed by atoms with Crippen molar-refractivity contribution in [3.05, 3.63) is 69.6 Å². The molecule has 18 heavy (non-hydrogen) atoms. The van der Waals surface area contributed by atoms with Crippen LogP contribution in [-0.4, -0.2) is 10.9 Å². The molecule has 0 atom stereocenters. The number of aromatic nitrogens is 1. The lowest BCUT2D eigenvalue weighted by Gasteiger charge is -2.05. The van der Waals surface area contributed by atoms with Crippen LogP contribution in [0.5, 0.6) is 0 Å². The molecular formula is C14H14N2O2. The van der Waals surface area contributed by atoms with Crippen LogP contribution in [-0.2, 0) is 6.54 Å². The van der Waals surface area contributed by atoms with E-state index in [9.17, 15) is 9.59 Å². The standard InChI is InChI=1S/C14H14N2O2/c1-10-7-12(8-13(17)16-10)14(18)15-9-11-5-3-2-4-6-11/h2-8H,9H2,1H3,(H,15,18)(H,16,17). The molecule has 2 aromatic rings. The van der Waals surface area contributed by atoms with Crippen LogP contribution in [0.3, 0.4) is 0 Å². The number of hydrogen-bond donors (Lipinski definition) is 2. The number of carbonyl (C=O) groups is 1. The van der Waals surface area contributed by atoms with Gasteiger partial charge in [-0.05, 0) is 18.6 Å². The predicted molar refractivity (Wildman–Crippen MR) is 69.4 cm³/mol. The van der Waals surface area contributed by atoms with Gasteiger partial charge in [-0.1, -0.05) is 30.3 Å². The molecule has 1 amide bonds. The first-order valence-corrected chi connectivity index (χ1v) is 5.68. The van der Waals surface area contributed by atoms with Crippen molar-refractivity contribution in [2.75, 3.05) is 0 Å². The first kappa shape index (κ1) is 12.1. The molecule has 0 unspecified atom stereocenters. The summed E-state index contributed by atoms with van der Waals surface area (Å²) in [6.07, 6.45) is 0. The molecule has 1 aromatic carbocycles. The van der Waals surface area contributed by atoms with E-state index in [1.54, 1.807) is 13.0 Å². The number of H-pyrrole nitrogens is 1. The van der Waals surface area contributed by atoms with Crippen molar-refractivity contribution < 1.29 is 4.79 Å². The van der Waals surface area contributed by atoms with E-state index in [2.05, 4.69) is 10.3 Å². The lowest BCUT2D eigenvalue weighted by atomic mass is 10.2. The average molecular weight is 242 g/mol. The summed E-state index contributed by atoms with van der Waals surface area (Å²) in [6.45, 7) is 2.20. The topological polar surface area (TPSA) is 62.0 Å². The van der Waals surface area contributed by atoms with Gasteiger partial charge in [-0.3, -0.25) is 9.59 Å². The number of benzene rings is 1. The zero-order valence-electron chi connectivity index (χ0n) is 10.1. The highest BCUT2D eigenvalue weighted by molar-refractivity contribution is 5.94. The summed E-state index contributed by atoms with van der Waals surface area (Å²) >= 11 is 0. The van der Waals surface area contributed by atoms with Gasteiger partial charge in [-0.25, -0.2) is 0 Å². The predicted octanol–water partition coefficient (Wildman–Crippen LogP) is 1.61. The second-order valence-corrected chi connectivity index (χ2v) is 4.08. The number of pyridine rings is 1. The van der Waals surface area contributed by atoms with E-state index in [4.69, 9.17) is 0 Å². The van der Waals surface area contributed by atoms with Gasteiger partial charge in [0.2, 0.25) is 5.56 Å². The van der Waals surface area contributed by atoms with Crippen LogP contribution in [0, 0.1) is 6.92 Å². The number of aryl methyl sites for hydroxylation is 1. The van der Waals surface area contributed by atoms with Crippen LogP contribution in [0.25, 0.3) is 0 Å². The Hall–Kier alpha value is -2.36. The highest BCUT2D eigenvalue weighted by atomic mass is 16.2. The van der Waals surface area contributed by atoms with Crippen molar-refractivity contribution in [2.45, 2.75) is 13.5 Å². The molecule has 0 aliphatic rings. The van der Waals surface area contributed by atoms with Gasteiger partial charge in [0, 0.05) is 23.9 Å². The summed E-state index contributed by atoms with van der Waals surface area (Å²) < 4.78 is 0. The first-order valence-electron chi connectivity index (χ1n) is 5.68. The van der Waals surface area contributed by atoms with E-state index in [0.717, 1.165) is 5.56 Å². The van der Waals surface area contributed by atoms with E-state index in [-0.39, 0.29) is 11.5 Å². The largest absolute Gasteiger partial charge is 0.348 e. The minimum Gasteiger partial charge on any atom is -0.348 e. The summed E-state index contributed by atoms with van der Waals surface area (Å²) in [4.78, 5) is 25.7. The number of hydrogen-bond acceptors (Lipinski definition) is 2. The third kappa shape index (κ3) is 3.07. The molecule has 4 nitrogen and oxygen atoms in total. The molecular weight excluding hydrogens is 228 g/mol. The zero-order chi connectivity index (χ0) is 13.0. The second kappa shape index (κ2) is 5.31. The summed E-state index contributed by atoms with van der Waals surface area (Å²) in [7, 11) is 0. The highest BCUT2D eigenvalue weighted by Crippen LogP contribution is 2.00. The van der Waals surface area contributed by atoms with Crippen LogP contribution >= 0.6 is 0 Å². The summed E-state index contributed by atoms with van der Waals surface area (Å²) in [6, 6.07) is 12.6. The molecule has 0 aliphatic carbocycles. The number of rotatable bonds is 3. The molecule has 0 radical (unpaired) electrons. The minimum atomic E-state index is -0.264. The van der Waals surface area contributed by atoms with Crippen LogP contribution < -0.4 is 10.9 Å². The Morgan fingerprint density at radius 1 is 1.22 bits per heavy atom. The molecule has 0 aliphatic heterocycles. The summed E-state index contributed by atoms with van der Waals surface area (Å²) in [5.74, 6) is -0.243. The molecule has 2 rings (SSSR count). The summed E-state index contributed by atoms with van der Waals surface area (Å²) in [5.41, 5.74) is 1.81. The van der Waals surface area contributed by atoms with Crippen LogP contribution in [0.15, 0.2) is 47.3 Å². The molecule has 0 spiro atoms. The third-order valence-electron chi connectivity index (χ3n) is 2.54. The lowest BCUT2D eigenvalue weighted by Crippen LogP contribution is -2.24. The Bertz CT molecular complexity index is 603. The van der Waals surface area contributed by atoms with Gasteiger partial charge in [-0.15, -0.1) is 0 Å². The third-order valence-corrected chi connectivity index (χ3v) is 2.54. The van der Waals surface area contributed by atoms with Crippen molar-refractivity contribution in [3.63, 3.8) is 0 Å². The number of aromatic amines is 1. The Labute approximate surface area is 105 Å². The monoisotopic (exact) mass is 242 g/mol. The van der Waals surface area contributed by atoms with Gasteiger partial charge in [0.25, 0.3) is 5.91 Å². The number of carbonyl (C=O) groups excluding carboxylic acids is 1. The molecule has 1 aromatic heterocycles. The SMILES string of the molecule is Cc1cc(C(=O)NCc2ccccc2)cc(=O)[nH]1. The highest BCUT2D eigenvalue weighted by Gasteiger charge is 2.06. The maximum absolute atomic E-state index is 11.9. The van der Waals surface area contributed by atoms with Crippen molar-refractivity contribution in [2.24, 2.45) is 0 Å². The van der Waals surface area contributed by atoms with E-state index >= 15 is 0 Å². The van der Waals surface area contributed by atoms with E-state index in [1.807, 2.05) is 30.3 Å². The van der Waals surface area contributed by atoms with E-state index in [0.29, 0.717) is 17.8 Å². The Morgan fingerprint density at radius 3 is 2.61 bits per heavy atom.